The van der Waals surface area contributed by atoms with Crippen LogP contribution < -0.4 is 10.9 Å². The number of aliphatic imine (C=N–C) groups is 1. The van der Waals surface area contributed by atoms with Crippen LogP contribution in [0.2, 0.25) is 0 Å². The SMILES string of the molecule is CC(C)CC(=O)Nc1ccc(CN=Cc2c(O)[nH]c(=O)c3ccccc23)cc1. The molecule has 0 saturated carbocycles. The average molecular weight is 377 g/mol. The van der Waals surface area contributed by atoms with E-state index in [0.29, 0.717) is 35.2 Å². The summed E-state index contributed by atoms with van der Waals surface area (Å²) in [5.41, 5.74) is 1.86. The number of amides is 1. The summed E-state index contributed by atoms with van der Waals surface area (Å²) >= 11 is 0. The van der Waals surface area contributed by atoms with E-state index in [0.717, 1.165) is 11.3 Å². The minimum Gasteiger partial charge on any atom is -0.494 e. The van der Waals surface area contributed by atoms with E-state index < -0.39 is 0 Å². The van der Waals surface area contributed by atoms with E-state index >= 15 is 0 Å². The van der Waals surface area contributed by atoms with Crippen LogP contribution >= 0.6 is 0 Å². The van der Waals surface area contributed by atoms with Crippen molar-refractivity contribution < 1.29 is 9.90 Å². The van der Waals surface area contributed by atoms with Crippen molar-refractivity contribution in [2.45, 2.75) is 26.8 Å². The number of hydrogen-bond donors (Lipinski definition) is 3. The van der Waals surface area contributed by atoms with Gasteiger partial charge in [-0.1, -0.05) is 44.2 Å². The average Bonchev–Trinajstić information content (AvgIpc) is 2.65. The predicted octanol–water partition coefficient (Wildman–Crippen LogP) is 3.84. The van der Waals surface area contributed by atoms with Crippen LogP contribution in [0.25, 0.3) is 10.8 Å². The second-order valence-electron chi connectivity index (χ2n) is 7.07. The molecule has 0 fully saturated rings. The van der Waals surface area contributed by atoms with E-state index in [1.807, 2.05) is 44.2 Å². The van der Waals surface area contributed by atoms with Gasteiger partial charge in [-0.3, -0.25) is 19.6 Å². The molecule has 6 heteroatoms. The number of carbonyl (C=O) groups excluding carboxylic acids is 1. The highest BCUT2D eigenvalue weighted by atomic mass is 16.3. The summed E-state index contributed by atoms with van der Waals surface area (Å²) < 4.78 is 0. The Morgan fingerprint density at radius 3 is 2.50 bits per heavy atom. The Kier molecular flexibility index (Phi) is 5.89. The number of fused-ring (bicyclic) bond motifs is 1. The van der Waals surface area contributed by atoms with Crippen LogP contribution in [-0.4, -0.2) is 22.2 Å². The highest BCUT2D eigenvalue weighted by Gasteiger charge is 2.08. The summed E-state index contributed by atoms with van der Waals surface area (Å²) in [5, 5.41) is 14.1. The minimum absolute atomic E-state index is 0.00111. The topological polar surface area (TPSA) is 94.5 Å². The molecule has 0 aliphatic heterocycles. The maximum atomic E-state index is 11.9. The summed E-state index contributed by atoms with van der Waals surface area (Å²) in [5.74, 6) is 0.117. The lowest BCUT2D eigenvalue weighted by molar-refractivity contribution is -0.116. The van der Waals surface area contributed by atoms with Crippen LogP contribution in [0.5, 0.6) is 5.88 Å². The van der Waals surface area contributed by atoms with Crippen molar-refractivity contribution in [2.75, 3.05) is 5.32 Å². The van der Waals surface area contributed by atoms with Crippen LogP contribution in [0.1, 0.15) is 31.4 Å². The molecule has 0 aliphatic rings. The van der Waals surface area contributed by atoms with E-state index in [-0.39, 0.29) is 17.3 Å². The summed E-state index contributed by atoms with van der Waals surface area (Å²) in [6, 6.07) is 14.5. The molecule has 6 nitrogen and oxygen atoms in total. The predicted molar refractivity (Wildman–Crippen MR) is 112 cm³/mol. The summed E-state index contributed by atoms with van der Waals surface area (Å²) in [4.78, 5) is 30.6. The lowest BCUT2D eigenvalue weighted by atomic mass is 10.1. The fourth-order valence-electron chi connectivity index (χ4n) is 2.94. The van der Waals surface area contributed by atoms with Gasteiger partial charge in [-0.15, -0.1) is 0 Å². The van der Waals surface area contributed by atoms with E-state index in [1.165, 1.54) is 0 Å². The molecule has 0 saturated heterocycles. The van der Waals surface area contributed by atoms with Gasteiger partial charge in [0.25, 0.3) is 5.56 Å². The third-order valence-electron chi connectivity index (χ3n) is 4.27. The van der Waals surface area contributed by atoms with Gasteiger partial charge in [0.05, 0.1) is 12.1 Å². The van der Waals surface area contributed by atoms with Gasteiger partial charge in [0.2, 0.25) is 11.8 Å². The highest BCUT2D eigenvalue weighted by molar-refractivity contribution is 6.01. The van der Waals surface area contributed by atoms with Crippen molar-refractivity contribution >= 4 is 28.6 Å². The first kappa shape index (κ1) is 19.4. The van der Waals surface area contributed by atoms with E-state index in [9.17, 15) is 14.7 Å². The van der Waals surface area contributed by atoms with Gasteiger partial charge in [-0.25, -0.2) is 0 Å². The molecule has 1 aromatic heterocycles. The zero-order valence-electron chi connectivity index (χ0n) is 15.9. The number of hydrogen-bond acceptors (Lipinski definition) is 4. The first-order valence-electron chi connectivity index (χ1n) is 9.16. The van der Waals surface area contributed by atoms with Gasteiger partial charge in [-0.05, 0) is 29.7 Å². The summed E-state index contributed by atoms with van der Waals surface area (Å²) in [6.45, 7) is 4.42. The Balaban J connectivity index is 1.71. The zero-order valence-corrected chi connectivity index (χ0v) is 15.9. The first-order chi connectivity index (χ1) is 13.4. The summed E-state index contributed by atoms with van der Waals surface area (Å²) in [7, 11) is 0. The van der Waals surface area contributed by atoms with Gasteiger partial charge >= 0.3 is 0 Å². The van der Waals surface area contributed by atoms with Crippen molar-refractivity contribution in [3.8, 4) is 5.88 Å². The number of aromatic hydroxyl groups is 1. The molecule has 0 radical (unpaired) electrons. The van der Waals surface area contributed by atoms with Crippen molar-refractivity contribution in [3.05, 3.63) is 70.0 Å². The largest absolute Gasteiger partial charge is 0.494 e. The maximum absolute atomic E-state index is 11.9. The van der Waals surface area contributed by atoms with Crippen LogP contribution in [-0.2, 0) is 11.3 Å². The van der Waals surface area contributed by atoms with E-state index in [2.05, 4.69) is 15.3 Å². The van der Waals surface area contributed by atoms with Crippen molar-refractivity contribution in [3.63, 3.8) is 0 Å². The van der Waals surface area contributed by atoms with E-state index in [1.54, 1.807) is 24.4 Å². The fraction of sp³-hybridized carbons (Fsp3) is 0.227. The molecule has 3 aromatic rings. The number of rotatable bonds is 6. The van der Waals surface area contributed by atoms with Gasteiger partial charge in [0.1, 0.15) is 0 Å². The van der Waals surface area contributed by atoms with Crippen LogP contribution in [0.4, 0.5) is 5.69 Å². The molecule has 2 aromatic carbocycles. The number of nitrogens with one attached hydrogen (secondary N) is 2. The third kappa shape index (κ3) is 4.65. The van der Waals surface area contributed by atoms with Crippen molar-refractivity contribution in [2.24, 2.45) is 10.9 Å². The molecule has 1 amide bonds. The number of aromatic amines is 1. The molecule has 3 rings (SSSR count). The fourth-order valence-corrected chi connectivity index (χ4v) is 2.94. The van der Waals surface area contributed by atoms with Gasteiger partial charge < -0.3 is 10.4 Å². The normalized spacial score (nSPS) is 11.4. The molecule has 144 valence electrons. The molecule has 0 spiro atoms. The quantitative estimate of drug-likeness (QED) is 0.570. The van der Waals surface area contributed by atoms with Gasteiger partial charge in [-0.2, -0.15) is 0 Å². The Morgan fingerprint density at radius 1 is 1.14 bits per heavy atom. The highest BCUT2D eigenvalue weighted by Crippen LogP contribution is 2.20. The van der Waals surface area contributed by atoms with Gasteiger partial charge in [0, 0.05) is 29.1 Å². The monoisotopic (exact) mass is 377 g/mol. The standard InChI is InChI=1S/C22H23N3O3/c1-14(2)11-20(26)24-16-9-7-15(8-10-16)12-23-13-19-17-5-3-4-6-18(17)21(27)25-22(19)28/h3-10,13-14H,11-12H2,1-2H3,(H,24,26)(H2,25,27,28). The number of anilines is 1. The lowest BCUT2D eigenvalue weighted by Gasteiger charge is -2.07. The molecular weight excluding hydrogens is 354 g/mol. The molecule has 1 heterocycles. The Morgan fingerprint density at radius 2 is 1.82 bits per heavy atom. The second-order valence-corrected chi connectivity index (χ2v) is 7.07. The maximum Gasteiger partial charge on any atom is 0.258 e. The lowest BCUT2D eigenvalue weighted by Crippen LogP contribution is -2.13. The third-order valence-corrected chi connectivity index (χ3v) is 4.27. The van der Waals surface area contributed by atoms with Crippen molar-refractivity contribution in [1.29, 1.82) is 0 Å². The second kappa shape index (κ2) is 8.52. The molecule has 0 unspecified atom stereocenters. The van der Waals surface area contributed by atoms with Crippen LogP contribution in [0, 0.1) is 5.92 Å². The number of carbonyl (C=O) groups is 1. The Hall–Kier alpha value is -3.41. The number of H-pyrrole nitrogens is 1. The van der Waals surface area contributed by atoms with E-state index in [4.69, 9.17) is 0 Å². The first-order valence-corrected chi connectivity index (χ1v) is 9.16. The van der Waals surface area contributed by atoms with Gasteiger partial charge in [0.15, 0.2) is 0 Å². The number of pyridine rings is 1. The van der Waals surface area contributed by atoms with Crippen molar-refractivity contribution in [1.82, 2.24) is 4.98 Å². The minimum atomic E-state index is -0.333. The molecular formula is C22H23N3O3. The van der Waals surface area contributed by atoms with Crippen LogP contribution in [0.15, 0.2) is 58.3 Å². The number of benzene rings is 2. The Labute approximate surface area is 163 Å². The number of aromatic nitrogens is 1. The molecule has 0 aliphatic carbocycles. The molecule has 0 bridgehead atoms. The number of nitrogens with zero attached hydrogens (tertiary/aromatic N) is 1. The molecule has 3 N–H and O–H groups in total. The van der Waals surface area contributed by atoms with Crippen LogP contribution in [0.3, 0.4) is 0 Å². The zero-order chi connectivity index (χ0) is 20.1. The Bertz CT molecular complexity index is 1070. The molecule has 0 atom stereocenters. The smallest absolute Gasteiger partial charge is 0.258 e. The molecule has 28 heavy (non-hydrogen) atoms. The summed E-state index contributed by atoms with van der Waals surface area (Å²) in [6.07, 6.45) is 2.05.